The molecule has 0 spiro atoms. The van der Waals surface area contributed by atoms with E-state index in [-0.39, 0.29) is 18.4 Å². The molecule has 0 aliphatic heterocycles. The Kier molecular flexibility index (Phi) is 3.27. The molecule has 1 aromatic rings. The van der Waals surface area contributed by atoms with Crippen LogP contribution in [0.25, 0.3) is 0 Å². The molecule has 0 saturated heterocycles. The van der Waals surface area contributed by atoms with E-state index < -0.39 is 0 Å². The van der Waals surface area contributed by atoms with Gasteiger partial charge in [-0.05, 0) is 6.92 Å². The Morgan fingerprint density at radius 2 is 2.43 bits per heavy atom. The third kappa shape index (κ3) is 2.61. The minimum atomic E-state index is -0.0177. The summed E-state index contributed by atoms with van der Waals surface area (Å²) in [4.78, 5) is 16.7. The second kappa shape index (κ2) is 4.45. The lowest BCUT2D eigenvalue weighted by Gasteiger charge is -2.13. The molecule has 1 heterocycles. The first-order valence-corrected chi connectivity index (χ1v) is 4.29. The number of likely N-dealkylation sites (N-methyl/N-ethyl adjacent to an activating group) is 1. The van der Waals surface area contributed by atoms with Crippen LogP contribution in [0.3, 0.4) is 0 Å². The molecule has 0 radical (unpaired) electrons. The molecule has 0 saturated carbocycles. The normalized spacial score (nSPS) is 9.86. The number of nitrogens with one attached hydrogen (secondary N) is 2. The number of nitrogens with zero attached hydrogens (tertiary/aromatic N) is 3. The van der Waals surface area contributed by atoms with Gasteiger partial charge in [0.1, 0.15) is 0 Å². The van der Waals surface area contributed by atoms with Crippen molar-refractivity contribution in [2.24, 2.45) is 0 Å². The van der Waals surface area contributed by atoms with Crippen LogP contribution in [-0.2, 0) is 4.79 Å². The highest BCUT2D eigenvalue weighted by molar-refractivity contribution is 5.80. The van der Waals surface area contributed by atoms with Gasteiger partial charge in [0.25, 0.3) is 0 Å². The summed E-state index contributed by atoms with van der Waals surface area (Å²) in [5.74, 6) is 0.542. The van der Waals surface area contributed by atoms with Gasteiger partial charge in [-0.15, -0.1) is 5.10 Å². The largest absolute Gasteiger partial charge is 0.368 e. The lowest BCUT2D eigenvalue weighted by molar-refractivity contribution is -0.127. The number of aromatic amines is 1. The molecule has 0 unspecified atom stereocenters. The molecule has 7 nitrogen and oxygen atoms in total. The van der Waals surface area contributed by atoms with Crippen LogP contribution in [0, 0.1) is 0 Å². The average molecular weight is 198 g/mol. The molecule has 78 valence electrons. The van der Waals surface area contributed by atoms with Gasteiger partial charge >= 0.3 is 0 Å². The smallest absolute Gasteiger partial charge is 0.244 e. The van der Waals surface area contributed by atoms with E-state index >= 15 is 0 Å². The van der Waals surface area contributed by atoms with Crippen LogP contribution in [0.15, 0.2) is 0 Å². The van der Waals surface area contributed by atoms with Gasteiger partial charge in [0.05, 0.1) is 6.54 Å². The Morgan fingerprint density at radius 1 is 1.71 bits per heavy atom. The lowest BCUT2D eigenvalue weighted by atomic mass is 10.5. The Balaban J connectivity index is 2.37. The number of carbonyl (C=O) groups excluding carboxylic acids is 1. The van der Waals surface area contributed by atoms with Gasteiger partial charge < -0.3 is 16.0 Å². The minimum Gasteiger partial charge on any atom is -0.368 e. The Bertz CT molecular complexity index is 309. The number of carbonyl (C=O) groups is 1. The average Bonchev–Trinajstić information content (AvgIpc) is 2.59. The van der Waals surface area contributed by atoms with Crippen LogP contribution in [0.4, 0.5) is 11.9 Å². The van der Waals surface area contributed by atoms with Gasteiger partial charge in [-0.1, -0.05) is 0 Å². The second-order valence-electron chi connectivity index (χ2n) is 2.81. The maximum Gasteiger partial charge on any atom is 0.244 e. The van der Waals surface area contributed by atoms with Crippen molar-refractivity contribution < 1.29 is 4.79 Å². The topological polar surface area (TPSA) is 99.9 Å². The number of nitrogen functional groups attached to an aromatic ring is 1. The molecule has 0 bridgehead atoms. The van der Waals surface area contributed by atoms with Crippen molar-refractivity contribution in [1.29, 1.82) is 0 Å². The molecular formula is C7H14N6O. The molecule has 1 aromatic heterocycles. The molecule has 14 heavy (non-hydrogen) atoms. The monoisotopic (exact) mass is 198 g/mol. The van der Waals surface area contributed by atoms with Crippen molar-refractivity contribution in [3.63, 3.8) is 0 Å². The summed E-state index contributed by atoms with van der Waals surface area (Å²) in [6.45, 7) is 2.75. The molecule has 0 fully saturated rings. The van der Waals surface area contributed by atoms with E-state index in [1.54, 1.807) is 11.9 Å². The quantitative estimate of drug-likeness (QED) is 0.592. The highest BCUT2D eigenvalue weighted by Crippen LogP contribution is 1.98. The van der Waals surface area contributed by atoms with E-state index in [9.17, 15) is 4.79 Å². The number of rotatable bonds is 4. The van der Waals surface area contributed by atoms with Crippen molar-refractivity contribution in [3.05, 3.63) is 0 Å². The zero-order chi connectivity index (χ0) is 10.6. The van der Waals surface area contributed by atoms with Gasteiger partial charge in [0.15, 0.2) is 0 Å². The summed E-state index contributed by atoms with van der Waals surface area (Å²) in [6, 6.07) is 0. The fourth-order valence-corrected chi connectivity index (χ4v) is 0.819. The van der Waals surface area contributed by atoms with Gasteiger partial charge in [-0.2, -0.15) is 4.98 Å². The van der Waals surface area contributed by atoms with Crippen molar-refractivity contribution >= 4 is 17.8 Å². The van der Waals surface area contributed by atoms with Gasteiger partial charge in [-0.25, -0.2) is 5.10 Å². The van der Waals surface area contributed by atoms with Crippen molar-refractivity contribution in [2.45, 2.75) is 6.92 Å². The third-order valence-corrected chi connectivity index (χ3v) is 1.80. The summed E-state index contributed by atoms with van der Waals surface area (Å²) in [7, 11) is 1.73. The standard InChI is InChI=1S/C7H14N6O/c1-3-13(2)5(14)4-9-7-10-6(8)11-12-7/h3-4H2,1-2H3,(H4,8,9,10,11,12). The number of hydrogen-bond acceptors (Lipinski definition) is 5. The first-order valence-electron chi connectivity index (χ1n) is 4.29. The van der Waals surface area contributed by atoms with E-state index in [1.807, 2.05) is 6.92 Å². The molecular weight excluding hydrogens is 184 g/mol. The molecule has 0 aromatic carbocycles. The van der Waals surface area contributed by atoms with Crippen LogP contribution in [0.2, 0.25) is 0 Å². The van der Waals surface area contributed by atoms with E-state index in [2.05, 4.69) is 20.5 Å². The number of anilines is 2. The maximum absolute atomic E-state index is 11.3. The molecule has 0 aliphatic carbocycles. The van der Waals surface area contributed by atoms with Crippen LogP contribution >= 0.6 is 0 Å². The third-order valence-electron chi connectivity index (χ3n) is 1.80. The number of hydrogen-bond donors (Lipinski definition) is 3. The first kappa shape index (κ1) is 10.3. The summed E-state index contributed by atoms with van der Waals surface area (Å²) >= 11 is 0. The fraction of sp³-hybridized carbons (Fsp3) is 0.571. The molecule has 0 atom stereocenters. The predicted octanol–water partition coefficient (Wildman–Crippen LogP) is -0.723. The van der Waals surface area contributed by atoms with Crippen LogP contribution in [0.5, 0.6) is 0 Å². The van der Waals surface area contributed by atoms with Crippen LogP contribution in [-0.4, -0.2) is 46.1 Å². The molecule has 7 heteroatoms. The predicted molar refractivity (Wildman–Crippen MR) is 52.6 cm³/mol. The Morgan fingerprint density at radius 3 is 2.93 bits per heavy atom. The zero-order valence-electron chi connectivity index (χ0n) is 8.24. The maximum atomic E-state index is 11.3. The fourth-order valence-electron chi connectivity index (χ4n) is 0.819. The molecule has 4 N–H and O–H groups in total. The zero-order valence-corrected chi connectivity index (χ0v) is 8.24. The van der Waals surface area contributed by atoms with Gasteiger partial charge in [0, 0.05) is 13.6 Å². The van der Waals surface area contributed by atoms with Crippen LogP contribution < -0.4 is 11.1 Å². The SMILES string of the molecule is CCN(C)C(=O)CNc1n[nH]c(N)n1. The highest BCUT2D eigenvalue weighted by Gasteiger charge is 2.07. The van der Waals surface area contributed by atoms with Crippen molar-refractivity contribution in [2.75, 3.05) is 31.2 Å². The van der Waals surface area contributed by atoms with Crippen LogP contribution in [0.1, 0.15) is 6.92 Å². The van der Waals surface area contributed by atoms with E-state index in [0.29, 0.717) is 12.5 Å². The van der Waals surface area contributed by atoms with E-state index in [4.69, 9.17) is 5.73 Å². The summed E-state index contributed by atoms with van der Waals surface area (Å²) in [5, 5.41) is 8.95. The minimum absolute atomic E-state index is 0.0177. The Hall–Kier alpha value is -1.79. The Labute approximate surface area is 81.7 Å². The molecule has 0 aliphatic rings. The molecule has 1 rings (SSSR count). The van der Waals surface area contributed by atoms with Crippen molar-refractivity contribution in [3.8, 4) is 0 Å². The van der Waals surface area contributed by atoms with E-state index in [0.717, 1.165) is 0 Å². The van der Waals surface area contributed by atoms with Gasteiger partial charge in [-0.3, -0.25) is 4.79 Å². The number of aromatic nitrogens is 3. The van der Waals surface area contributed by atoms with E-state index in [1.165, 1.54) is 0 Å². The summed E-state index contributed by atoms with van der Waals surface area (Å²) in [6.07, 6.45) is 0. The summed E-state index contributed by atoms with van der Waals surface area (Å²) in [5.41, 5.74) is 5.31. The van der Waals surface area contributed by atoms with Crippen molar-refractivity contribution in [1.82, 2.24) is 20.1 Å². The number of nitrogens with two attached hydrogens (primary N) is 1. The number of amides is 1. The lowest BCUT2D eigenvalue weighted by Crippen LogP contribution is -2.32. The molecule has 1 amide bonds. The number of H-pyrrole nitrogens is 1. The summed E-state index contributed by atoms with van der Waals surface area (Å²) < 4.78 is 0. The first-order chi connectivity index (χ1) is 6.63. The van der Waals surface area contributed by atoms with Gasteiger partial charge in [0.2, 0.25) is 17.8 Å². The second-order valence-corrected chi connectivity index (χ2v) is 2.81. The highest BCUT2D eigenvalue weighted by atomic mass is 16.2.